The van der Waals surface area contributed by atoms with E-state index in [1.807, 2.05) is 0 Å². The van der Waals surface area contributed by atoms with Crippen molar-refractivity contribution in [2.24, 2.45) is 0 Å². The summed E-state index contributed by atoms with van der Waals surface area (Å²) in [6, 6.07) is 7.10. The molecule has 0 fully saturated rings. The summed E-state index contributed by atoms with van der Waals surface area (Å²) in [5, 5.41) is 14.2. The van der Waals surface area contributed by atoms with E-state index in [2.05, 4.69) is 16.1 Å². The number of aliphatic hydroxyl groups is 1. The van der Waals surface area contributed by atoms with Gasteiger partial charge in [0.05, 0.1) is 30.2 Å². The number of anilines is 2. The number of nitrogens with one attached hydrogen (secondary N) is 3. The number of rotatable bonds is 6. The van der Waals surface area contributed by atoms with E-state index in [-0.39, 0.29) is 41.5 Å². The number of hydrogen-bond donors (Lipinski definition) is 4. The van der Waals surface area contributed by atoms with Crippen LogP contribution in [0.4, 0.5) is 15.8 Å². The van der Waals surface area contributed by atoms with Crippen LogP contribution in [0.2, 0.25) is 0 Å². The number of amides is 2. The quantitative estimate of drug-likeness (QED) is 0.339. The smallest absolute Gasteiger partial charge is 0.276 e. The third-order valence-electron chi connectivity index (χ3n) is 3.79. The number of benzene rings is 2. The van der Waals surface area contributed by atoms with Gasteiger partial charge in [-0.2, -0.15) is 0 Å². The number of aliphatic hydroxyl groups excluding tert-OH is 1. The molecule has 4 N–H and O–H groups in total. The van der Waals surface area contributed by atoms with E-state index in [9.17, 15) is 14.0 Å². The number of halogens is 1. The summed E-state index contributed by atoms with van der Waals surface area (Å²) >= 11 is 0. The third-order valence-corrected chi connectivity index (χ3v) is 3.79. The summed E-state index contributed by atoms with van der Waals surface area (Å²) in [5.41, 5.74) is 3.99. The fraction of sp³-hybridized carbons (Fsp3) is 0.176. The SMILES string of the molecule is [B]c1ccc(Nc2cc3c(cc2C(=O)NOCCO)CNC3=O)c(F)c1. The van der Waals surface area contributed by atoms with Crippen LogP contribution in [-0.2, 0) is 11.4 Å². The monoisotopic (exact) mass is 355 g/mol. The minimum atomic E-state index is -0.599. The maximum atomic E-state index is 14.1. The molecule has 0 spiro atoms. The highest BCUT2D eigenvalue weighted by Crippen LogP contribution is 2.28. The maximum absolute atomic E-state index is 14.1. The summed E-state index contributed by atoms with van der Waals surface area (Å²) in [6.45, 7) is -0.0425. The molecule has 1 aliphatic heterocycles. The number of carbonyl (C=O) groups is 2. The van der Waals surface area contributed by atoms with Gasteiger partial charge in [0.2, 0.25) is 0 Å². The lowest BCUT2D eigenvalue weighted by Crippen LogP contribution is -2.26. The molecule has 3 rings (SSSR count). The molecule has 2 aromatic carbocycles. The fourth-order valence-corrected chi connectivity index (χ4v) is 2.56. The second-order valence-electron chi connectivity index (χ2n) is 5.61. The Morgan fingerprint density at radius 1 is 1.31 bits per heavy atom. The molecular formula is C17H15BFN3O4. The van der Waals surface area contributed by atoms with Gasteiger partial charge < -0.3 is 15.7 Å². The van der Waals surface area contributed by atoms with E-state index in [1.54, 1.807) is 0 Å². The summed E-state index contributed by atoms with van der Waals surface area (Å²) in [5.74, 6) is -1.47. The van der Waals surface area contributed by atoms with Gasteiger partial charge in [-0.05, 0) is 29.8 Å². The molecule has 9 heteroatoms. The molecule has 0 bridgehead atoms. The molecule has 0 unspecified atom stereocenters. The molecule has 2 amide bonds. The van der Waals surface area contributed by atoms with E-state index in [0.29, 0.717) is 17.7 Å². The van der Waals surface area contributed by atoms with Crippen LogP contribution in [-0.4, -0.2) is 38.0 Å². The Labute approximate surface area is 149 Å². The lowest BCUT2D eigenvalue weighted by atomic mass is 9.96. The van der Waals surface area contributed by atoms with Crippen molar-refractivity contribution in [2.45, 2.75) is 6.54 Å². The number of carbonyl (C=O) groups excluding carboxylic acids is 2. The largest absolute Gasteiger partial charge is 0.394 e. The van der Waals surface area contributed by atoms with Crippen LogP contribution in [0.25, 0.3) is 0 Å². The average Bonchev–Trinajstić information content (AvgIpc) is 2.97. The summed E-state index contributed by atoms with van der Waals surface area (Å²) in [7, 11) is 5.54. The van der Waals surface area contributed by atoms with E-state index >= 15 is 0 Å². The highest BCUT2D eigenvalue weighted by molar-refractivity contribution is 6.32. The van der Waals surface area contributed by atoms with Crippen LogP contribution < -0.4 is 21.6 Å². The van der Waals surface area contributed by atoms with E-state index in [4.69, 9.17) is 17.8 Å². The Bertz CT molecular complexity index is 875. The van der Waals surface area contributed by atoms with E-state index in [0.717, 1.165) is 6.07 Å². The molecule has 0 aliphatic carbocycles. The Morgan fingerprint density at radius 2 is 2.12 bits per heavy atom. The normalized spacial score (nSPS) is 12.5. The van der Waals surface area contributed by atoms with Gasteiger partial charge in [0, 0.05) is 12.1 Å². The predicted molar refractivity (Wildman–Crippen MR) is 93.2 cm³/mol. The minimum absolute atomic E-state index is 0.0773. The summed E-state index contributed by atoms with van der Waals surface area (Å²) < 4.78 is 14.1. The molecule has 0 saturated carbocycles. The van der Waals surface area contributed by atoms with Crippen molar-refractivity contribution < 1.29 is 23.9 Å². The Hall–Kier alpha value is -2.91. The van der Waals surface area contributed by atoms with E-state index in [1.165, 1.54) is 24.3 Å². The Balaban J connectivity index is 1.97. The third kappa shape index (κ3) is 3.68. The van der Waals surface area contributed by atoms with E-state index < -0.39 is 11.7 Å². The van der Waals surface area contributed by atoms with Crippen LogP contribution in [0.1, 0.15) is 26.3 Å². The van der Waals surface area contributed by atoms with Gasteiger partial charge in [-0.3, -0.25) is 14.4 Å². The first-order valence-corrected chi connectivity index (χ1v) is 7.79. The zero-order valence-corrected chi connectivity index (χ0v) is 13.6. The molecular weight excluding hydrogens is 340 g/mol. The van der Waals surface area contributed by atoms with Crippen molar-refractivity contribution in [3.05, 3.63) is 52.8 Å². The zero-order chi connectivity index (χ0) is 18.7. The van der Waals surface area contributed by atoms with Gasteiger partial charge in [0.25, 0.3) is 11.8 Å². The summed E-state index contributed by atoms with van der Waals surface area (Å²) in [6.07, 6.45) is 0. The van der Waals surface area contributed by atoms with Gasteiger partial charge in [-0.1, -0.05) is 11.5 Å². The fourth-order valence-electron chi connectivity index (χ4n) is 2.56. The molecule has 7 nitrogen and oxygen atoms in total. The van der Waals surface area contributed by atoms with Crippen molar-refractivity contribution in [1.82, 2.24) is 10.8 Å². The molecule has 0 aromatic heterocycles. The first kappa shape index (κ1) is 17.9. The zero-order valence-electron chi connectivity index (χ0n) is 13.6. The van der Waals surface area contributed by atoms with Gasteiger partial charge in [0.1, 0.15) is 13.7 Å². The van der Waals surface area contributed by atoms with Crippen molar-refractivity contribution in [3.63, 3.8) is 0 Å². The average molecular weight is 355 g/mol. The molecule has 2 aromatic rings. The number of fused-ring (bicyclic) bond motifs is 1. The van der Waals surface area contributed by atoms with Crippen LogP contribution in [0, 0.1) is 5.82 Å². The van der Waals surface area contributed by atoms with Crippen LogP contribution in [0.15, 0.2) is 30.3 Å². The first-order valence-electron chi connectivity index (χ1n) is 7.79. The predicted octanol–water partition coefficient (Wildman–Crippen LogP) is 0.260. The molecule has 26 heavy (non-hydrogen) atoms. The second-order valence-corrected chi connectivity index (χ2v) is 5.61. The molecule has 1 aliphatic rings. The molecule has 0 saturated heterocycles. The number of hydroxylamine groups is 1. The highest BCUT2D eigenvalue weighted by Gasteiger charge is 2.24. The highest BCUT2D eigenvalue weighted by atomic mass is 19.1. The summed E-state index contributed by atoms with van der Waals surface area (Å²) in [4.78, 5) is 29.1. The molecule has 0 atom stereocenters. The Kier molecular flexibility index (Phi) is 5.20. The van der Waals surface area contributed by atoms with Gasteiger partial charge in [-0.25, -0.2) is 9.87 Å². The molecule has 2 radical (unpaired) electrons. The topological polar surface area (TPSA) is 99.7 Å². The van der Waals surface area contributed by atoms with Crippen molar-refractivity contribution >= 4 is 36.5 Å². The molecule has 1 heterocycles. The van der Waals surface area contributed by atoms with Crippen molar-refractivity contribution in [3.8, 4) is 0 Å². The van der Waals surface area contributed by atoms with Crippen molar-refractivity contribution in [1.29, 1.82) is 0 Å². The van der Waals surface area contributed by atoms with Crippen LogP contribution >= 0.6 is 0 Å². The number of hydrogen-bond acceptors (Lipinski definition) is 5. The van der Waals surface area contributed by atoms with Gasteiger partial charge in [0.15, 0.2) is 0 Å². The first-order chi connectivity index (χ1) is 12.5. The molecule has 132 valence electrons. The minimum Gasteiger partial charge on any atom is -0.394 e. The standard InChI is InChI=1S/C17H15BFN3O4/c18-10-1-2-14(13(19)6-10)21-15-7-11-9(8-20-16(11)24)5-12(15)17(25)22-26-4-3-23/h1-2,5-7,21,23H,3-4,8H2,(H,20,24)(H,22,25). The maximum Gasteiger partial charge on any atom is 0.276 e. The van der Waals surface area contributed by atoms with Crippen LogP contribution in [0.5, 0.6) is 0 Å². The Morgan fingerprint density at radius 3 is 2.85 bits per heavy atom. The van der Waals surface area contributed by atoms with Crippen molar-refractivity contribution in [2.75, 3.05) is 18.5 Å². The lowest BCUT2D eigenvalue weighted by Gasteiger charge is -2.14. The van der Waals surface area contributed by atoms with Gasteiger partial charge in [-0.15, -0.1) is 0 Å². The van der Waals surface area contributed by atoms with Gasteiger partial charge >= 0.3 is 0 Å². The lowest BCUT2D eigenvalue weighted by molar-refractivity contribution is 0.0169. The van der Waals surface area contributed by atoms with Crippen LogP contribution in [0.3, 0.4) is 0 Å². The second kappa shape index (κ2) is 7.55.